The Morgan fingerprint density at radius 2 is 1.89 bits per heavy atom. The van der Waals surface area contributed by atoms with Crippen LogP contribution in [0, 0.1) is 0 Å². The van der Waals surface area contributed by atoms with Crippen LogP contribution >= 0.6 is 11.6 Å². The zero-order valence-corrected chi connectivity index (χ0v) is 12.8. The Labute approximate surface area is 120 Å². The van der Waals surface area contributed by atoms with E-state index in [2.05, 4.69) is 0 Å². The molecule has 2 rings (SSSR count). The number of alkyl halides is 1. The predicted molar refractivity (Wildman–Crippen MR) is 77.8 cm³/mol. The fourth-order valence-corrected chi connectivity index (χ4v) is 5.04. The molecule has 0 unspecified atom stereocenters. The largest absolute Gasteiger partial charge is 0.243 e. The number of hydrogen-bond donors (Lipinski definition) is 0. The topological polar surface area (TPSA) is 37.4 Å². The van der Waals surface area contributed by atoms with Crippen LogP contribution in [0.2, 0.25) is 0 Å². The van der Waals surface area contributed by atoms with Crippen molar-refractivity contribution < 1.29 is 8.42 Å². The average molecular weight is 302 g/mol. The van der Waals surface area contributed by atoms with Gasteiger partial charge in [-0.1, -0.05) is 38.0 Å². The summed E-state index contributed by atoms with van der Waals surface area (Å²) in [7, 11) is -3.43. The SMILES string of the molecule is CCN(C1CCCC1)S(=O)(=O)c1ccccc1CCl. The summed E-state index contributed by atoms with van der Waals surface area (Å²) in [6.07, 6.45) is 4.17. The van der Waals surface area contributed by atoms with Gasteiger partial charge in [0.15, 0.2) is 0 Å². The van der Waals surface area contributed by atoms with E-state index in [1.807, 2.05) is 13.0 Å². The van der Waals surface area contributed by atoms with Gasteiger partial charge >= 0.3 is 0 Å². The van der Waals surface area contributed by atoms with Gasteiger partial charge in [-0.25, -0.2) is 8.42 Å². The van der Waals surface area contributed by atoms with Crippen molar-refractivity contribution in [3.05, 3.63) is 29.8 Å². The fourth-order valence-electron chi connectivity index (χ4n) is 2.81. The maximum Gasteiger partial charge on any atom is 0.243 e. The molecule has 19 heavy (non-hydrogen) atoms. The van der Waals surface area contributed by atoms with Crippen molar-refractivity contribution in [2.75, 3.05) is 6.54 Å². The second-order valence-corrected chi connectivity index (χ2v) is 7.01. The standard InChI is InChI=1S/C14H20ClNO2S/c1-2-16(13-8-4-5-9-13)19(17,18)14-10-6-3-7-12(14)11-15/h3,6-7,10,13H,2,4-5,8-9,11H2,1H3. The summed E-state index contributed by atoms with van der Waals surface area (Å²) < 4.78 is 27.2. The minimum Gasteiger partial charge on any atom is -0.207 e. The van der Waals surface area contributed by atoms with Gasteiger partial charge in [0.1, 0.15) is 0 Å². The van der Waals surface area contributed by atoms with Crippen LogP contribution in [0.5, 0.6) is 0 Å². The van der Waals surface area contributed by atoms with Gasteiger partial charge in [0.25, 0.3) is 0 Å². The first-order valence-electron chi connectivity index (χ1n) is 6.77. The van der Waals surface area contributed by atoms with Gasteiger partial charge in [0.2, 0.25) is 10.0 Å². The molecule has 0 atom stereocenters. The maximum atomic E-state index is 12.8. The summed E-state index contributed by atoms with van der Waals surface area (Å²) in [5, 5.41) is 0. The Hall–Kier alpha value is -0.580. The van der Waals surface area contributed by atoms with Gasteiger partial charge in [-0.2, -0.15) is 4.31 Å². The molecule has 1 aromatic carbocycles. The van der Waals surface area contributed by atoms with Gasteiger partial charge in [0.05, 0.1) is 4.90 Å². The van der Waals surface area contributed by atoms with Crippen LogP contribution < -0.4 is 0 Å². The molecule has 1 aromatic rings. The fraction of sp³-hybridized carbons (Fsp3) is 0.571. The maximum absolute atomic E-state index is 12.8. The molecule has 0 spiro atoms. The minimum absolute atomic E-state index is 0.151. The summed E-state index contributed by atoms with van der Waals surface area (Å²) in [4.78, 5) is 0.360. The third-order valence-electron chi connectivity index (χ3n) is 3.75. The molecule has 106 valence electrons. The highest BCUT2D eigenvalue weighted by atomic mass is 35.5. The molecule has 1 saturated carbocycles. The molecular formula is C14H20ClNO2S. The molecule has 1 aliphatic carbocycles. The van der Waals surface area contributed by atoms with E-state index in [1.54, 1.807) is 22.5 Å². The molecule has 0 amide bonds. The van der Waals surface area contributed by atoms with Crippen LogP contribution in [0.4, 0.5) is 0 Å². The molecule has 0 aromatic heterocycles. The molecule has 0 heterocycles. The van der Waals surface area contributed by atoms with Gasteiger partial charge in [-0.3, -0.25) is 0 Å². The van der Waals surface area contributed by atoms with Crippen LogP contribution in [-0.2, 0) is 15.9 Å². The third kappa shape index (κ3) is 2.96. The number of nitrogens with zero attached hydrogens (tertiary/aromatic N) is 1. The molecule has 1 fully saturated rings. The first-order valence-corrected chi connectivity index (χ1v) is 8.74. The van der Waals surface area contributed by atoms with E-state index >= 15 is 0 Å². The van der Waals surface area contributed by atoms with Crippen molar-refractivity contribution in [1.29, 1.82) is 0 Å². The van der Waals surface area contributed by atoms with Crippen LogP contribution in [0.25, 0.3) is 0 Å². The smallest absolute Gasteiger partial charge is 0.207 e. The zero-order valence-electron chi connectivity index (χ0n) is 11.2. The lowest BCUT2D eigenvalue weighted by Gasteiger charge is -2.27. The van der Waals surface area contributed by atoms with Crippen LogP contribution in [0.3, 0.4) is 0 Å². The molecule has 0 saturated heterocycles. The van der Waals surface area contributed by atoms with Gasteiger partial charge in [-0.05, 0) is 24.5 Å². The molecule has 0 bridgehead atoms. The van der Waals surface area contributed by atoms with Crippen molar-refractivity contribution in [1.82, 2.24) is 4.31 Å². The number of halogens is 1. The van der Waals surface area contributed by atoms with E-state index < -0.39 is 10.0 Å². The Bertz CT molecular complexity index is 524. The number of benzene rings is 1. The van der Waals surface area contributed by atoms with Crippen LogP contribution in [0.1, 0.15) is 38.2 Å². The Balaban J connectivity index is 2.39. The van der Waals surface area contributed by atoms with Crippen molar-refractivity contribution in [3.63, 3.8) is 0 Å². The van der Waals surface area contributed by atoms with E-state index in [0.29, 0.717) is 17.0 Å². The molecule has 0 radical (unpaired) electrons. The van der Waals surface area contributed by atoms with Crippen molar-refractivity contribution >= 4 is 21.6 Å². The normalized spacial score (nSPS) is 17.2. The highest BCUT2D eigenvalue weighted by molar-refractivity contribution is 7.89. The predicted octanol–water partition coefficient (Wildman–Crippen LogP) is 3.38. The summed E-state index contributed by atoms with van der Waals surface area (Å²) in [6, 6.07) is 7.17. The van der Waals surface area contributed by atoms with Crippen LogP contribution in [-0.4, -0.2) is 25.3 Å². The molecule has 1 aliphatic rings. The van der Waals surface area contributed by atoms with Crippen LogP contribution in [0.15, 0.2) is 29.2 Å². The lowest BCUT2D eigenvalue weighted by molar-refractivity contribution is 0.335. The number of sulfonamides is 1. The van der Waals surface area contributed by atoms with E-state index in [0.717, 1.165) is 25.7 Å². The number of rotatable bonds is 5. The van der Waals surface area contributed by atoms with Gasteiger partial charge < -0.3 is 0 Å². The summed E-state index contributed by atoms with van der Waals surface area (Å²) in [6.45, 7) is 2.42. The summed E-state index contributed by atoms with van der Waals surface area (Å²) in [5.74, 6) is 0.220. The van der Waals surface area contributed by atoms with E-state index in [1.165, 1.54) is 0 Å². The van der Waals surface area contributed by atoms with Gasteiger partial charge in [-0.15, -0.1) is 11.6 Å². The van der Waals surface area contributed by atoms with E-state index in [4.69, 9.17) is 11.6 Å². The minimum atomic E-state index is -3.43. The van der Waals surface area contributed by atoms with Crippen molar-refractivity contribution in [2.45, 2.75) is 49.4 Å². The molecule has 0 N–H and O–H groups in total. The lowest BCUT2D eigenvalue weighted by atomic mass is 10.2. The second kappa shape index (κ2) is 6.25. The second-order valence-electron chi connectivity index (χ2n) is 4.89. The van der Waals surface area contributed by atoms with Crippen molar-refractivity contribution in [3.8, 4) is 0 Å². The Kier molecular flexibility index (Phi) is 4.87. The highest BCUT2D eigenvalue weighted by Gasteiger charge is 2.32. The van der Waals surface area contributed by atoms with Gasteiger partial charge in [0, 0.05) is 18.5 Å². The molecule has 5 heteroatoms. The Morgan fingerprint density at radius 1 is 1.26 bits per heavy atom. The third-order valence-corrected chi connectivity index (χ3v) is 6.16. The molecular weight excluding hydrogens is 282 g/mol. The first-order chi connectivity index (χ1) is 9.11. The van der Waals surface area contributed by atoms with E-state index in [9.17, 15) is 8.42 Å². The monoisotopic (exact) mass is 301 g/mol. The quantitative estimate of drug-likeness (QED) is 0.782. The lowest BCUT2D eigenvalue weighted by Crippen LogP contribution is -2.38. The average Bonchev–Trinajstić information content (AvgIpc) is 2.93. The van der Waals surface area contributed by atoms with Crippen molar-refractivity contribution in [2.24, 2.45) is 0 Å². The first kappa shape index (κ1) is 14.8. The highest BCUT2D eigenvalue weighted by Crippen LogP contribution is 2.30. The molecule has 0 aliphatic heterocycles. The number of hydrogen-bond acceptors (Lipinski definition) is 2. The zero-order chi connectivity index (χ0) is 13.9. The summed E-state index contributed by atoms with van der Waals surface area (Å²) >= 11 is 5.86. The summed E-state index contributed by atoms with van der Waals surface area (Å²) in [5.41, 5.74) is 0.681. The van der Waals surface area contributed by atoms with E-state index in [-0.39, 0.29) is 11.9 Å². The molecule has 3 nitrogen and oxygen atoms in total. The Morgan fingerprint density at radius 3 is 2.47 bits per heavy atom.